The summed E-state index contributed by atoms with van der Waals surface area (Å²) in [5.41, 5.74) is 3.24. The molecule has 0 spiro atoms. The van der Waals surface area contributed by atoms with Gasteiger partial charge in [-0.05, 0) is 18.6 Å². The molecule has 1 amide bonds. The van der Waals surface area contributed by atoms with Crippen LogP contribution in [0.2, 0.25) is 0 Å². The van der Waals surface area contributed by atoms with E-state index >= 15 is 0 Å². The molecule has 1 fully saturated rings. The molecule has 0 bridgehead atoms. The van der Waals surface area contributed by atoms with Gasteiger partial charge >= 0.3 is 0 Å². The van der Waals surface area contributed by atoms with Crippen LogP contribution in [0, 0.1) is 0 Å². The number of para-hydroxylation sites is 1. The van der Waals surface area contributed by atoms with E-state index in [1.165, 1.54) is 23.2 Å². The van der Waals surface area contributed by atoms with Gasteiger partial charge in [-0.15, -0.1) is 24.8 Å². The number of hydrogen-bond donors (Lipinski definition) is 3. The zero-order chi connectivity index (χ0) is 19.1. The van der Waals surface area contributed by atoms with Crippen LogP contribution >= 0.6 is 24.8 Å². The summed E-state index contributed by atoms with van der Waals surface area (Å²) in [4.78, 5) is 21.9. The maximum Gasteiger partial charge on any atom is 0.267 e. The Balaban J connectivity index is 0.00000210. The number of carbonyl (C=O) groups is 1. The van der Waals surface area contributed by atoms with Gasteiger partial charge in [-0.2, -0.15) is 0 Å². The summed E-state index contributed by atoms with van der Waals surface area (Å²) in [5, 5.41) is 11.9. The minimum Gasteiger partial charge on any atom is -0.496 e. The van der Waals surface area contributed by atoms with E-state index in [9.17, 15) is 4.79 Å². The van der Waals surface area contributed by atoms with Crippen LogP contribution in [0.4, 0.5) is 5.82 Å². The lowest BCUT2D eigenvalue weighted by molar-refractivity contribution is -0.124. The summed E-state index contributed by atoms with van der Waals surface area (Å²) >= 11 is 0. The predicted molar refractivity (Wildman–Crippen MR) is 116 cm³/mol. The van der Waals surface area contributed by atoms with E-state index in [0.29, 0.717) is 17.6 Å². The van der Waals surface area contributed by atoms with Crippen molar-refractivity contribution in [2.45, 2.75) is 19.0 Å². The lowest BCUT2D eigenvalue weighted by Gasteiger charge is -2.18. The van der Waals surface area contributed by atoms with E-state index in [4.69, 9.17) is 9.94 Å². The summed E-state index contributed by atoms with van der Waals surface area (Å²) in [5.74, 6) is 1.00. The molecule has 10 heteroatoms. The fourth-order valence-corrected chi connectivity index (χ4v) is 3.07. The van der Waals surface area contributed by atoms with Gasteiger partial charge in [0.1, 0.15) is 11.6 Å². The molecule has 0 unspecified atom stereocenters. The van der Waals surface area contributed by atoms with E-state index < -0.39 is 5.91 Å². The molecule has 8 nitrogen and oxygen atoms in total. The molecule has 158 valence electrons. The molecule has 0 aliphatic carbocycles. The SMILES string of the molecule is COc1ccccc1CN1CC[C@@H](Nc2cnc(C=CC(=O)NO)cn2)C1.Cl.Cl. The highest BCUT2D eigenvalue weighted by atomic mass is 35.5. The minimum absolute atomic E-state index is 0. The monoisotopic (exact) mass is 441 g/mol. The van der Waals surface area contributed by atoms with Crippen LogP contribution in [0.15, 0.2) is 42.7 Å². The number of benzene rings is 1. The van der Waals surface area contributed by atoms with Crippen LogP contribution < -0.4 is 15.5 Å². The van der Waals surface area contributed by atoms with Gasteiger partial charge in [-0.1, -0.05) is 18.2 Å². The highest BCUT2D eigenvalue weighted by molar-refractivity contribution is 5.90. The lowest BCUT2D eigenvalue weighted by atomic mass is 10.2. The third kappa shape index (κ3) is 7.17. The van der Waals surface area contributed by atoms with Crippen molar-refractivity contribution in [1.29, 1.82) is 0 Å². The Morgan fingerprint density at radius 1 is 1.31 bits per heavy atom. The maximum absolute atomic E-state index is 11.0. The van der Waals surface area contributed by atoms with Gasteiger partial charge < -0.3 is 10.1 Å². The number of aromatic nitrogens is 2. The van der Waals surface area contributed by atoms with Gasteiger partial charge in [0.25, 0.3) is 5.91 Å². The zero-order valence-corrected chi connectivity index (χ0v) is 17.6. The van der Waals surface area contributed by atoms with Crippen molar-refractivity contribution in [2.24, 2.45) is 0 Å². The Hall–Kier alpha value is -2.39. The topological polar surface area (TPSA) is 99.6 Å². The van der Waals surface area contributed by atoms with Gasteiger partial charge in [0.15, 0.2) is 0 Å². The third-order valence-corrected chi connectivity index (χ3v) is 4.40. The molecule has 1 aromatic heterocycles. The summed E-state index contributed by atoms with van der Waals surface area (Å²) in [6.45, 7) is 2.77. The summed E-state index contributed by atoms with van der Waals surface area (Å²) < 4.78 is 5.43. The summed E-state index contributed by atoms with van der Waals surface area (Å²) in [6.07, 6.45) is 6.90. The van der Waals surface area contributed by atoms with Gasteiger partial charge in [0, 0.05) is 37.3 Å². The van der Waals surface area contributed by atoms with Gasteiger partial charge in [0.2, 0.25) is 0 Å². The van der Waals surface area contributed by atoms with Crippen molar-refractivity contribution in [3.8, 4) is 5.75 Å². The van der Waals surface area contributed by atoms with Gasteiger partial charge in [0.05, 0.1) is 25.2 Å². The molecule has 2 aromatic rings. The summed E-state index contributed by atoms with van der Waals surface area (Å²) in [6, 6.07) is 8.38. The number of halogens is 2. The zero-order valence-electron chi connectivity index (χ0n) is 15.9. The number of likely N-dealkylation sites (tertiary alicyclic amines) is 1. The Labute approximate surface area is 182 Å². The van der Waals surface area contributed by atoms with Crippen molar-refractivity contribution in [1.82, 2.24) is 20.3 Å². The Morgan fingerprint density at radius 2 is 2.10 bits per heavy atom. The van der Waals surface area contributed by atoms with Crippen molar-refractivity contribution < 1.29 is 14.7 Å². The second kappa shape index (κ2) is 12.2. The molecule has 1 aliphatic heterocycles. The van der Waals surface area contributed by atoms with E-state index in [1.54, 1.807) is 19.5 Å². The first-order valence-electron chi connectivity index (χ1n) is 8.73. The smallest absolute Gasteiger partial charge is 0.267 e. The maximum atomic E-state index is 11.0. The van der Waals surface area contributed by atoms with E-state index in [2.05, 4.69) is 26.3 Å². The average molecular weight is 442 g/mol. The van der Waals surface area contributed by atoms with Crippen LogP contribution in [-0.4, -0.2) is 52.2 Å². The molecule has 0 saturated carbocycles. The van der Waals surface area contributed by atoms with Crippen molar-refractivity contribution >= 4 is 42.6 Å². The molecule has 1 atom stereocenters. The molecule has 0 radical (unpaired) electrons. The number of hydroxylamine groups is 1. The van der Waals surface area contributed by atoms with Crippen LogP contribution in [0.3, 0.4) is 0 Å². The largest absolute Gasteiger partial charge is 0.496 e. The second-order valence-electron chi connectivity index (χ2n) is 6.31. The molecule has 2 heterocycles. The molecule has 1 aromatic carbocycles. The standard InChI is InChI=1S/C19H23N5O3.2ClH/c1-27-17-5-3-2-4-14(17)12-24-9-8-16(13-24)22-18-11-20-15(10-21-18)6-7-19(25)23-26;;/h2-7,10-11,16,26H,8-9,12-13H2,1H3,(H,21,22)(H,23,25);2*1H/t16-;;/m1../s1. The van der Waals surface area contributed by atoms with Crippen LogP contribution in [-0.2, 0) is 11.3 Å². The molecule has 29 heavy (non-hydrogen) atoms. The third-order valence-electron chi connectivity index (χ3n) is 4.40. The molecule has 1 aliphatic rings. The van der Waals surface area contributed by atoms with E-state index in [-0.39, 0.29) is 24.8 Å². The van der Waals surface area contributed by atoms with Gasteiger partial charge in [-0.3, -0.25) is 19.9 Å². The van der Waals surface area contributed by atoms with Crippen molar-refractivity contribution in [2.75, 3.05) is 25.5 Å². The first-order chi connectivity index (χ1) is 13.2. The summed E-state index contributed by atoms with van der Waals surface area (Å²) in [7, 11) is 1.70. The molecule has 3 rings (SSSR count). The average Bonchev–Trinajstić information content (AvgIpc) is 3.14. The Bertz CT molecular complexity index is 805. The van der Waals surface area contributed by atoms with Crippen molar-refractivity contribution in [3.63, 3.8) is 0 Å². The first-order valence-corrected chi connectivity index (χ1v) is 8.73. The highest BCUT2D eigenvalue weighted by Gasteiger charge is 2.23. The quantitative estimate of drug-likeness (QED) is 0.344. The number of carbonyl (C=O) groups excluding carboxylic acids is 1. The number of nitrogens with one attached hydrogen (secondary N) is 2. The second-order valence-corrected chi connectivity index (χ2v) is 6.31. The van der Waals surface area contributed by atoms with Crippen LogP contribution in [0.25, 0.3) is 6.08 Å². The molecule has 1 saturated heterocycles. The number of nitrogens with zero attached hydrogens (tertiary/aromatic N) is 3. The van der Waals surface area contributed by atoms with Gasteiger partial charge in [-0.25, -0.2) is 10.5 Å². The Kier molecular flexibility index (Phi) is 10.4. The van der Waals surface area contributed by atoms with E-state index in [1.807, 2.05) is 18.2 Å². The number of anilines is 1. The molecular weight excluding hydrogens is 417 g/mol. The lowest BCUT2D eigenvalue weighted by Crippen LogP contribution is -2.26. The fourth-order valence-electron chi connectivity index (χ4n) is 3.07. The predicted octanol–water partition coefficient (Wildman–Crippen LogP) is 2.53. The normalized spacial score (nSPS) is 16.0. The van der Waals surface area contributed by atoms with Crippen LogP contribution in [0.1, 0.15) is 17.7 Å². The number of hydrogen-bond acceptors (Lipinski definition) is 7. The Morgan fingerprint density at radius 3 is 2.79 bits per heavy atom. The minimum atomic E-state index is -0.611. The number of ether oxygens (including phenoxy) is 1. The first kappa shape index (κ1) is 24.6. The number of amides is 1. The highest BCUT2D eigenvalue weighted by Crippen LogP contribution is 2.22. The number of rotatable bonds is 7. The molecule has 3 N–H and O–H groups in total. The van der Waals surface area contributed by atoms with E-state index in [0.717, 1.165) is 31.8 Å². The fraction of sp³-hybridized carbons (Fsp3) is 0.316. The van der Waals surface area contributed by atoms with Crippen LogP contribution in [0.5, 0.6) is 5.75 Å². The van der Waals surface area contributed by atoms with Crippen molar-refractivity contribution in [3.05, 3.63) is 54.0 Å². The molecular formula is C19H25Cl2N5O3. The number of methoxy groups -OCH3 is 1.